The number of carbonyl (C=O) groups is 1. The second kappa shape index (κ2) is 9.05. The molecule has 0 spiro atoms. The molecule has 6 nitrogen and oxygen atoms in total. The van der Waals surface area contributed by atoms with E-state index in [4.69, 9.17) is 4.74 Å². The first-order chi connectivity index (χ1) is 12.1. The van der Waals surface area contributed by atoms with E-state index in [9.17, 15) is 4.79 Å². The second-order valence-electron chi connectivity index (χ2n) is 6.45. The van der Waals surface area contributed by atoms with E-state index in [1.165, 1.54) is 5.56 Å². The Balaban J connectivity index is 0.00000243. The number of H-pyrrole nitrogens is 1. The van der Waals surface area contributed by atoms with Crippen LogP contribution in [0.1, 0.15) is 41.2 Å². The first kappa shape index (κ1) is 20.3. The number of nitrogens with zero attached hydrogens (tertiary/aromatic N) is 2. The molecule has 0 fully saturated rings. The lowest BCUT2D eigenvalue weighted by Crippen LogP contribution is -2.40. The highest BCUT2D eigenvalue weighted by atomic mass is 35.5. The quantitative estimate of drug-likeness (QED) is 0.810. The molecule has 0 bridgehead atoms. The van der Waals surface area contributed by atoms with E-state index >= 15 is 0 Å². The molecule has 1 aliphatic rings. The van der Waals surface area contributed by atoms with Crippen molar-refractivity contribution in [1.29, 1.82) is 0 Å². The van der Waals surface area contributed by atoms with Gasteiger partial charge in [-0.3, -0.25) is 9.89 Å². The van der Waals surface area contributed by atoms with Crippen LogP contribution in [-0.2, 0) is 19.4 Å². The number of aromatic nitrogens is 2. The van der Waals surface area contributed by atoms with E-state index in [1.54, 1.807) is 7.11 Å². The van der Waals surface area contributed by atoms with Gasteiger partial charge < -0.3 is 15.0 Å². The summed E-state index contributed by atoms with van der Waals surface area (Å²) < 4.78 is 5.20. The number of hydrogen-bond donors (Lipinski definition) is 2. The summed E-state index contributed by atoms with van der Waals surface area (Å²) in [6.45, 7) is 6.39. The Bertz CT molecular complexity index is 730. The molecule has 1 atom stereocenters. The fourth-order valence-corrected chi connectivity index (χ4v) is 3.41. The van der Waals surface area contributed by atoms with Crippen molar-refractivity contribution in [2.24, 2.45) is 0 Å². The lowest BCUT2D eigenvalue weighted by atomic mass is 10.0. The molecule has 2 heterocycles. The minimum Gasteiger partial charge on any atom is -0.497 e. The van der Waals surface area contributed by atoms with Crippen molar-refractivity contribution in [2.45, 2.75) is 39.3 Å². The predicted molar refractivity (Wildman–Crippen MR) is 104 cm³/mol. The standard InChI is InChI=1S/C19H26N4O2.ClH/c1-4-23(13(2)11-14-5-7-15(25-3)8-6-14)19(24)18-16-12-20-10-9-17(16)21-22-18;/h5-8,13,20H,4,9-12H2,1-3H3,(H,21,22);1H. The van der Waals surface area contributed by atoms with Gasteiger partial charge in [-0.2, -0.15) is 5.10 Å². The minimum absolute atomic E-state index is 0. The molecule has 142 valence electrons. The van der Waals surface area contributed by atoms with E-state index < -0.39 is 0 Å². The van der Waals surface area contributed by atoms with Crippen LogP contribution in [0.15, 0.2) is 24.3 Å². The second-order valence-corrected chi connectivity index (χ2v) is 6.45. The number of methoxy groups -OCH3 is 1. The maximum absolute atomic E-state index is 13.0. The number of aromatic amines is 1. The smallest absolute Gasteiger partial charge is 0.274 e. The summed E-state index contributed by atoms with van der Waals surface area (Å²) in [6.07, 6.45) is 1.69. The number of fused-ring (bicyclic) bond motifs is 1. The van der Waals surface area contributed by atoms with Gasteiger partial charge in [-0.15, -0.1) is 12.4 Å². The van der Waals surface area contributed by atoms with Gasteiger partial charge in [0.2, 0.25) is 0 Å². The number of ether oxygens (including phenoxy) is 1. The van der Waals surface area contributed by atoms with Crippen molar-refractivity contribution in [3.05, 3.63) is 46.8 Å². The van der Waals surface area contributed by atoms with Crippen molar-refractivity contribution in [1.82, 2.24) is 20.4 Å². The van der Waals surface area contributed by atoms with Gasteiger partial charge in [0.05, 0.1) is 7.11 Å². The van der Waals surface area contributed by atoms with Crippen LogP contribution in [0.25, 0.3) is 0 Å². The molecule has 0 radical (unpaired) electrons. The Morgan fingerprint density at radius 3 is 2.73 bits per heavy atom. The Morgan fingerprint density at radius 1 is 1.35 bits per heavy atom. The maximum atomic E-state index is 13.0. The number of hydrogen-bond acceptors (Lipinski definition) is 4. The van der Waals surface area contributed by atoms with E-state index in [0.717, 1.165) is 36.4 Å². The van der Waals surface area contributed by atoms with Crippen molar-refractivity contribution < 1.29 is 9.53 Å². The molecule has 1 aliphatic heterocycles. The van der Waals surface area contributed by atoms with Gasteiger partial charge in [0.25, 0.3) is 5.91 Å². The van der Waals surface area contributed by atoms with Crippen LogP contribution in [0.2, 0.25) is 0 Å². The van der Waals surface area contributed by atoms with Crippen LogP contribution >= 0.6 is 12.4 Å². The Labute approximate surface area is 160 Å². The largest absolute Gasteiger partial charge is 0.497 e. The van der Waals surface area contributed by atoms with Crippen LogP contribution in [0.5, 0.6) is 5.75 Å². The number of amides is 1. The SMILES string of the molecule is CCN(C(=O)c1n[nH]c2c1CNCC2)C(C)Cc1ccc(OC)cc1.Cl. The summed E-state index contributed by atoms with van der Waals surface area (Å²) >= 11 is 0. The zero-order chi connectivity index (χ0) is 17.8. The van der Waals surface area contributed by atoms with Gasteiger partial charge in [-0.1, -0.05) is 12.1 Å². The molecule has 0 saturated carbocycles. The van der Waals surface area contributed by atoms with Crippen LogP contribution in [0.3, 0.4) is 0 Å². The number of rotatable bonds is 6. The highest BCUT2D eigenvalue weighted by molar-refractivity contribution is 5.94. The zero-order valence-corrected chi connectivity index (χ0v) is 16.4. The summed E-state index contributed by atoms with van der Waals surface area (Å²) in [5.74, 6) is 0.847. The van der Waals surface area contributed by atoms with Crippen molar-refractivity contribution >= 4 is 18.3 Å². The third kappa shape index (κ3) is 4.19. The number of nitrogens with one attached hydrogen (secondary N) is 2. The summed E-state index contributed by atoms with van der Waals surface area (Å²) in [7, 11) is 1.66. The summed E-state index contributed by atoms with van der Waals surface area (Å²) in [4.78, 5) is 14.9. The first-order valence-corrected chi connectivity index (χ1v) is 8.84. The molecular weight excluding hydrogens is 352 g/mol. The molecular formula is C19H27ClN4O2. The van der Waals surface area contributed by atoms with Gasteiger partial charge in [-0.25, -0.2) is 0 Å². The Morgan fingerprint density at radius 2 is 2.08 bits per heavy atom. The zero-order valence-electron chi connectivity index (χ0n) is 15.5. The van der Waals surface area contributed by atoms with E-state index in [0.29, 0.717) is 18.8 Å². The highest BCUT2D eigenvalue weighted by Crippen LogP contribution is 2.20. The van der Waals surface area contributed by atoms with E-state index in [2.05, 4.69) is 22.4 Å². The summed E-state index contributed by atoms with van der Waals surface area (Å²) in [5.41, 5.74) is 3.85. The van der Waals surface area contributed by atoms with Crippen LogP contribution < -0.4 is 10.1 Å². The minimum atomic E-state index is 0. The van der Waals surface area contributed by atoms with Gasteiger partial charge in [0, 0.05) is 43.4 Å². The van der Waals surface area contributed by atoms with Crippen LogP contribution in [0, 0.1) is 0 Å². The number of carbonyl (C=O) groups excluding carboxylic acids is 1. The molecule has 0 aliphatic carbocycles. The van der Waals surface area contributed by atoms with Gasteiger partial charge in [0.1, 0.15) is 5.75 Å². The lowest BCUT2D eigenvalue weighted by molar-refractivity contribution is 0.0696. The highest BCUT2D eigenvalue weighted by Gasteiger charge is 2.27. The monoisotopic (exact) mass is 378 g/mol. The number of halogens is 1. The molecule has 26 heavy (non-hydrogen) atoms. The molecule has 1 amide bonds. The van der Waals surface area contributed by atoms with E-state index in [1.807, 2.05) is 36.1 Å². The Hall–Kier alpha value is -2.05. The third-order valence-corrected chi connectivity index (χ3v) is 4.83. The van der Waals surface area contributed by atoms with Crippen molar-refractivity contribution in [3.8, 4) is 5.75 Å². The van der Waals surface area contributed by atoms with Gasteiger partial charge in [-0.05, 0) is 38.0 Å². The predicted octanol–water partition coefficient (Wildman–Crippen LogP) is 2.58. The van der Waals surface area contributed by atoms with Crippen LogP contribution in [-0.4, -0.2) is 47.2 Å². The molecule has 1 unspecified atom stereocenters. The molecule has 1 aromatic carbocycles. The summed E-state index contributed by atoms with van der Waals surface area (Å²) in [6, 6.07) is 8.10. The molecule has 7 heteroatoms. The fraction of sp³-hybridized carbons (Fsp3) is 0.474. The lowest BCUT2D eigenvalue weighted by Gasteiger charge is -2.28. The number of likely N-dealkylation sites (N-methyl/N-ethyl adjacent to an activating group) is 1. The summed E-state index contributed by atoms with van der Waals surface area (Å²) in [5, 5.41) is 10.7. The molecule has 3 rings (SSSR count). The van der Waals surface area contributed by atoms with Crippen LogP contribution in [0.4, 0.5) is 0 Å². The third-order valence-electron chi connectivity index (χ3n) is 4.83. The van der Waals surface area contributed by atoms with Crippen molar-refractivity contribution in [3.63, 3.8) is 0 Å². The molecule has 1 aromatic heterocycles. The molecule has 0 saturated heterocycles. The molecule has 2 N–H and O–H groups in total. The first-order valence-electron chi connectivity index (χ1n) is 8.84. The maximum Gasteiger partial charge on any atom is 0.274 e. The van der Waals surface area contributed by atoms with E-state index in [-0.39, 0.29) is 24.4 Å². The van der Waals surface area contributed by atoms with Gasteiger partial charge >= 0.3 is 0 Å². The average Bonchev–Trinajstić information content (AvgIpc) is 3.07. The Kier molecular flexibility index (Phi) is 7.06. The normalized spacial score (nSPS) is 14.1. The van der Waals surface area contributed by atoms with Crippen molar-refractivity contribution in [2.75, 3.05) is 20.2 Å². The topological polar surface area (TPSA) is 70.2 Å². The molecule has 2 aromatic rings. The number of benzene rings is 1. The van der Waals surface area contributed by atoms with Gasteiger partial charge in [0.15, 0.2) is 5.69 Å². The average molecular weight is 379 g/mol. The fourth-order valence-electron chi connectivity index (χ4n) is 3.41.